The van der Waals surface area contributed by atoms with Gasteiger partial charge in [-0.2, -0.15) is 0 Å². The van der Waals surface area contributed by atoms with Crippen LogP contribution in [0.1, 0.15) is 36.1 Å². The van der Waals surface area contributed by atoms with Crippen molar-refractivity contribution in [3.8, 4) is 0 Å². The van der Waals surface area contributed by atoms with Crippen molar-refractivity contribution in [2.45, 2.75) is 6.92 Å². The Morgan fingerprint density at radius 3 is 2.59 bits per heavy atom. The summed E-state index contributed by atoms with van der Waals surface area (Å²) in [5.74, 6) is -1.14. The highest BCUT2D eigenvalue weighted by molar-refractivity contribution is 7.15. The largest absolute Gasteiger partial charge is 0.321 e. The molecule has 1 aliphatic heterocycles. The first-order valence-corrected chi connectivity index (χ1v) is 7.48. The SMILES string of the molecule is Cc1sc(Cl)nc1C(=O)Nc1ccc2c(c1)C(=O)N(C)C2=O. The van der Waals surface area contributed by atoms with Crippen LogP contribution in [-0.2, 0) is 0 Å². The molecular formula is C14H10ClN3O3S. The van der Waals surface area contributed by atoms with Gasteiger partial charge in [-0.05, 0) is 25.1 Å². The first-order chi connectivity index (χ1) is 10.4. The number of carbonyl (C=O) groups excluding carboxylic acids is 3. The molecule has 3 rings (SSSR count). The van der Waals surface area contributed by atoms with Crippen LogP contribution >= 0.6 is 22.9 Å². The lowest BCUT2D eigenvalue weighted by Crippen LogP contribution is -2.24. The molecular weight excluding hydrogens is 326 g/mol. The summed E-state index contributed by atoms with van der Waals surface area (Å²) in [4.78, 5) is 41.6. The van der Waals surface area contributed by atoms with E-state index < -0.39 is 5.91 Å². The van der Waals surface area contributed by atoms with E-state index in [9.17, 15) is 14.4 Å². The fourth-order valence-corrected chi connectivity index (χ4v) is 3.26. The van der Waals surface area contributed by atoms with Crippen molar-refractivity contribution >= 4 is 46.3 Å². The number of hydrogen-bond donors (Lipinski definition) is 1. The maximum Gasteiger partial charge on any atom is 0.275 e. The Labute approximate surface area is 134 Å². The highest BCUT2D eigenvalue weighted by Gasteiger charge is 2.32. The van der Waals surface area contributed by atoms with E-state index in [1.54, 1.807) is 13.0 Å². The van der Waals surface area contributed by atoms with Crippen molar-refractivity contribution < 1.29 is 14.4 Å². The number of nitrogens with zero attached hydrogens (tertiary/aromatic N) is 2. The maximum absolute atomic E-state index is 12.2. The normalized spacial score (nSPS) is 13.5. The minimum absolute atomic E-state index is 0.245. The van der Waals surface area contributed by atoms with Crippen molar-refractivity contribution in [2.75, 3.05) is 12.4 Å². The lowest BCUT2D eigenvalue weighted by molar-refractivity contribution is 0.0692. The summed E-state index contributed by atoms with van der Waals surface area (Å²) in [6, 6.07) is 4.58. The van der Waals surface area contributed by atoms with Gasteiger partial charge in [-0.1, -0.05) is 11.6 Å². The van der Waals surface area contributed by atoms with Crippen LogP contribution in [0.4, 0.5) is 5.69 Å². The van der Waals surface area contributed by atoms with Crippen LogP contribution in [-0.4, -0.2) is 34.7 Å². The molecule has 1 aliphatic rings. The van der Waals surface area contributed by atoms with E-state index in [0.717, 1.165) is 4.90 Å². The second-order valence-corrected chi connectivity index (χ2v) is 6.54. The number of carbonyl (C=O) groups is 3. The fourth-order valence-electron chi connectivity index (χ4n) is 2.20. The average molecular weight is 336 g/mol. The monoisotopic (exact) mass is 335 g/mol. The Kier molecular flexibility index (Phi) is 3.46. The van der Waals surface area contributed by atoms with E-state index in [-0.39, 0.29) is 23.1 Å². The number of hydrogen-bond acceptors (Lipinski definition) is 5. The second-order valence-electron chi connectivity index (χ2n) is 4.76. The number of thiazole rings is 1. The number of aromatic nitrogens is 1. The predicted molar refractivity (Wildman–Crippen MR) is 82.7 cm³/mol. The summed E-state index contributed by atoms with van der Waals surface area (Å²) in [7, 11) is 1.42. The van der Waals surface area contributed by atoms with Gasteiger partial charge in [0.15, 0.2) is 4.47 Å². The molecule has 0 radical (unpaired) electrons. The van der Waals surface area contributed by atoms with Crippen molar-refractivity contribution in [3.05, 3.63) is 44.4 Å². The van der Waals surface area contributed by atoms with E-state index in [4.69, 9.17) is 11.6 Å². The summed E-state index contributed by atoms with van der Waals surface area (Å²) >= 11 is 7.00. The molecule has 6 nitrogen and oxygen atoms in total. The smallest absolute Gasteiger partial charge is 0.275 e. The minimum atomic E-state index is -0.411. The number of halogens is 1. The number of nitrogens with one attached hydrogen (secondary N) is 1. The Hall–Kier alpha value is -2.25. The van der Waals surface area contributed by atoms with Gasteiger partial charge < -0.3 is 5.32 Å². The summed E-state index contributed by atoms with van der Waals surface area (Å²) in [5, 5.41) is 2.66. The van der Waals surface area contributed by atoms with E-state index in [1.165, 1.54) is 30.5 Å². The molecule has 0 bridgehead atoms. The molecule has 3 amide bonds. The Bertz CT molecular complexity index is 831. The third kappa shape index (κ3) is 2.28. The molecule has 0 unspecified atom stereocenters. The van der Waals surface area contributed by atoms with Crippen LogP contribution in [0, 0.1) is 6.92 Å². The molecule has 0 spiro atoms. The standard InChI is InChI=1S/C14H10ClN3O3S/c1-6-10(17-14(15)22-6)11(19)16-7-3-4-8-9(5-7)13(21)18(2)12(8)20/h3-5H,1-2H3,(H,16,19). The molecule has 22 heavy (non-hydrogen) atoms. The highest BCUT2D eigenvalue weighted by atomic mass is 35.5. The molecule has 0 atom stereocenters. The van der Waals surface area contributed by atoms with Gasteiger partial charge in [0.2, 0.25) is 0 Å². The number of aryl methyl sites for hydroxylation is 1. The first-order valence-electron chi connectivity index (χ1n) is 6.29. The zero-order chi connectivity index (χ0) is 16.0. The molecule has 2 aromatic rings. The molecule has 0 fully saturated rings. The molecule has 8 heteroatoms. The zero-order valence-corrected chi connectivity index (χ0v) is 13.2. The Morgan fingerprint density at radius 1 is 1.27 bits per heavy atom. The van der Waals surface area contributed by atoms with Gasteiger partial charge in [0.05, 0.1) is 11.1 Å². The summed E-state index contributed by atoms with van der Waals surface area (Å²) < 4.78 is 0.291. The van der Waals surface area contributed by atoms with Crippen LogP contribution in [0.15, 0.2) is 18.2 Å². The van der Waals surface area contributed by atoms with Gasteiger partial charge >= 0.3 is 0 Å². The van der Waals surface area contributed by atoms with Crippen LogP contribution in [0.3, 0.4) is 0 Å². The molecule has 1 N–H and O–H groups in total. The lowest BCUT2D eigenvalue weighted by Gasteiger charge is -2.05. The van der Waals surface area contributed by atoms with Gasteiger partial charge in [0.25, 0.3) is 17.7 Å². The fraction of sp³-hybridized carbons (Fsp3) is 0.143. The van der Waals surface area contributed by atoms with Gasteiger partial charge in [-0.3, -0.25) is 19.3 Å². The van der Waals surface area contributed by atoms with Gasteiger partial charge in [0.1, 0.15) is 5.69 Å². The van der Waals surface area contributed by atoms with Crippen molar-refractivity contribution in [1.82, 2.24) is 9.88 Å². The van der Waals surface area contributed by atoms with Crippen molar-refractivity contribution in [2.24, 2.45) is 0 Å². The topological polar surface area (TPSA) is 79.4 Å². The molecule has 0 saturated heterocycles. The number of rotatable bonds is 2. The predicted octanol–water partition coefficient (Wildman–Crippen LogP) is 2.58. The second kappa shape index (κ2) is 5.19. The number of benzene rings is 1. The molecule has 1 aromatic carbocycles. The molecule has 112 valence electrons. The third-order valence-electron chi connectivity index (χ3n) is 3.33. The van der Waals surface area contributed by atoms with E-state index >= 15 is 0 Å². The van der Waals surface area contributed by atoms with E-state index in [2.05, 4.69) is 10.3 Å². The van der Waals surface area contributed by atoms with Gasteiger partial charge in [0, 0.05) is 17.6 Å². The van der Waals surface area contributed by atoms with E-state index in [0.29, 0.717) is 20.6 Å². The van der Waals surface area contributed by atoms with Crippen LogP contribution in [0.2, 0.25) is 4.47 Å². The summed E-state index contributed by atoms with van der Waals surface area (Å²) in [6.07, 6.45) is 0. The van der Waals surface area contributed by atoms with Crippen LogP contribution in [0.5, 0.6) is 0 Å². The zero-order valence-electron chi connectivity index (χ0n) is 11.6. The molecule has 2 heterocycles. The number of imide groups is 1. The Balaban J connectivity index is 1.89. The minimum Gasteiger partial charge on any atom is -0.321 e. The average Bonchev–Trinajstić information content (AvgIpc) is 2.92. The number of anilines is 1. The van der Waals surface area contributed by atoms with Gasteiger partial charge in [-0.25, -0.2) is 4.98 Å². The third-order valence-corrected chi connectivity index (χ3v) is 4.41. The van der Waals surface area contributed by atoms with Crippen molar-refractivity contribution in [3.63, 3.8) is 0 Å². The number of amides is 3. The van der Waals surface area contributed by atoms with Crippen molar-refractivity contribution in [1.29, 1.82) is 0 Å². The number of fused-ring (bicyclic) bond motifs is 1. The van der Waals surface area contributed by atoms with Gasteiger partial charge in [-0.15, -0.1) is 11.3 Å². The van der Waals surface area contributed by atoms with E-state index in [1.807, 2.05) is 0 Å². The summed E-state index contributed by atoms with van der Waals surface area (Å²) in [5.41, 5.74) is 1.27. The quantitative estimate of drug-likeness (QED) is 0.855. The maximum atomic E-state index is 12.2. The summed E-state index contributed by atoms with van der Waals surface area (Å²) in [6.45, 7) is 1.75. The lowest BCUT2D eigenvalue weighted by atomic mass is 10.1. The molecule has 0 saturated carbocycles. The Morgan fingerprint density at radius 2 is 1.95 bits per heavy atom. The van der Waals surface area contributed by atoms with Crippen LogP contribution < -0.4 is 5.32 Å². The molecule has 1 aromatic heterocycles. The highest BCUT2D eigenvalue weighted by Crippen LogP contribution is 2.26. The first kappa shape index (κ1) is 14.7. The van der Waals surface area contributed by atoms with Crippen LogP contribution in [0.25, 0.3) is 0 Å². The molecule has 0 aliphatic carbocycles.